The van der Waals surface area contributed by atoms with E-state index in [4.69, 9.17) is 11.6 Å². The lowest BCUT2D eigenvalue weighted by molar-refractivity contribution is -0.144. The van der Waals surface area contributed by atoms with Crippen molar-refractivity contribution in [3.8, 4) is 0 Å². The Balaban J connectivity index is 1.87. The van der Waals surface area contributed by atoms with E-state index in [1.54, 1.807) is 17.1 Å². The number of hydrogen-bond donors (Lipinski definition) is 2. The maximum absolute atomic E-state index is 13.5. The fourth-order valence-electron chi connectivity index (χ4n) is 3.61. The minimum atomic E-state index is -0.738. The number of likely N-dealkylation sites (tertiary alicyclic amines) is 1. The number of aromatic nitrogens is 5. The second-order valence-corrected chi connectivity index (χ2v) is 8.76. The molecule has 0 spiro atoms. The molecule has 1 fully saturated rings. The van der Waals surface area contributed by atoms with E-state index in [1.807, 2.05) is 20.8 Å². The molecular formula is C18H26ClN7O3. The lowest BCUT2D eigenvalue weighted by atomic mass is 9.85. The molecule has 10 nitrogen and oxygen atoms in total. The SMILES string of the molecule is CNC(=O)[C@H]1CC(O)CN1C(=O)C(n1cc(Cn2cc(Cl)cn2)nn1)C(C)(C)C. The fraction of sp³-hybridized carbons (Fsp3) is 0.611. The highest BCUT2D eigenvalue weighted by Gasteiger charge is 2.44. The minimum absolute atomic E-state index is 0.108. The van der Waals surface area contributed by atoms with Crippen LogP contribution in [0, 0.1) is 5.41 Å². The Bertz CT molecular complexity index is 888. The Hall–Kier alpha value is -2.46. The van der Waals surface area contributed by atoms with Crippen LogP contribution in [-0.2, 0) is 16.1 Å². The number of amides is 2. The molecule has 0 aromatic carbocycles. The van der Waals surface area contributed by atoms with E-state index < -0.39 is 23.6 Å². The van der Waals surface area contributed by atoms with Crippen LogP contribution in [0.1, 0.15) is 38.9 Å². The number of carbonyl (C=O) groups is 2. The second kappa shape index (κ2) is 8.11. The highest BCUT2D eigenvalue weighted by Crippen LogP contribution is 2.34. The van der Waals surface area contributed by atoms with Crippen LogP contribution >= 0.6 is 11.6 Å². The highest BCUT2D eigenvalue weighted by molar-refractivity contribution is 6.30. The number of nitrogens with zero attached hydrogens (tertiary/aromatic N) is 6. The van der Waals surface area contributed by atoms with Crippen LogP contribution in [0.2, 0.25) is 5.02 Å². The van der Waals surface area contributed by atoms with Gasteiger partial charge < -0.3 is 15.3 Å². The molecule has 2 unspecified atom stereocenters. The molecule has 3 rings (SSSR count). The van der Waals surface area contributed by atoms with Crippen molar-refractivity contribution in [1.82, 2.24) is 35.0 Å². The van der Waals surface area contributed by atoms with Crippen LogP contribution < -0.4 is 5.32 Å². The van der Waals surface area contributed by atoms with Crippen LogP contribution in [0.5, 0.6) is 0 Å². The molecule has 0 bridgehead atoms. The summed E-state index contributed by atoms with van der Waals surface area (Å²) in [5, 5.41) is 25.6. The molecule has 2 aromatic heterocycles. The van der Waals surface area contributed by atoms with E-state index in [9.17, 15) is 14.7 Å². The molecule has 0 aliphatic carbocycles. The molecule has 2 aromatic rings. The van der Waals surface area contributed by atoms with Crippen molar-refractivity contribution in [3.63, 3.8) is 0 Å². The van der Waals surface area contributed by atoms with E-state index in [0.717, 1.165) is 0 Å². The Morgan fingerprint density at radius 3 is 2.69 bits per heavy atom. The van der Waals surface area contributed by atoms with Gasteiger partial charge in [-0.05, 0) is 5.41 Å². The third kappa shape index (κ3) is 4.59. The van der Waals surface area contributed by atoms with Gasteiger partial charge in [-0.2, -0.15) is 5.10 Å². The topological polar surface area (TPSA) is 118 Å². The van der Waals surface area contributed by atoms with Crippen molar-refractivity contribution in [1.29, 1.82) is 0 Å². The zero-order valence-electron chi connectivity index (χ0n) is 16.9. The molecule has 158 valence electrons. The summed E-state index contributed by atoms with van der Waals surface area (Å²) in [6.45, 7) is 6.24. The van der Waals surface area contributed by atoms with Gasteiger partial charge in [0.25, 0.3) is 0 Å². The summed E-state index contributed by atoms with van der Waals surface area (Å²) in [6.07, 6.45) is 4.38. The van der Waals surface area contributed by atoms with Crippen LogP contribution in [0.4, 0.5) is 0 Å². The molecule has 2 N–H and O–H groups in total. The highest BCUT2D eigenvalue weighted by atomic mass is 35.5. The van der Waals surface area contributed by atoms with Crippen LogP contribution in [0.25, 0.3) is 0 Å². The average Bonchev–Trinajstić information content (AvgIpc) is 3.34. The average molecular weight is 424 g/mol. The third-order valence-corrected chi connectivity index (χ3v) is 5.11. The summed E-state index contributed by atoms with van der Waals surface area (Å²) in [6, 6.07) is -1.40. The molecule has 1 aliphatic heterocycles. The zero-order chi connectivity index (χ0) is 21.3. The van der Waals surface area contributed by atoms with E-state index in [0.29, 0.717) is 17.3 Å². The fourth-order valence-corrected chi connectivity index (χ4v) is 3.77. The van der Waals surface area contributed by atoms with Gasteiger partial charge in [0.15, 0.2) is 0 Å². The standard InChI is InChI=1S/C18H26ClN7O3/c1-18(2,3)15(17(29)25-10-13(27)5-14(25)16(28)20-4)26-9-12(22-23-26)8-24-7-11(19)6-21-24/h6-7,9,13-15,27H,5,8,10H2,1-4H3,(H,20,28)/t13?,14-,15?/m1/s1. The zero-order valence-corrected chi connectivity index (χ0v) is 17.7. The van der Waals surface area contributed by atoms with Gasteiger partial charge in [0.2, 0.25) is 11.8 Å². The molecular weight excluding hydrogens is 398 g/mol. The number of likely N-dealkylation sites (N-methyl/N-ethyl adjacent to an activating group) is 1. The molecule has 11 heteroatoms. The van der Waals surface area contributed by atoms with E-state index in [-0.39, 0.29) is 24.8 Å². The second-order valence-electron chi connectivity index (χ2n) is 8.32. The number of aliphatic hydroxyl groups is 1. The van der Waals surface area contributed by atoms with Crippen molar-refractivity contribution in [2.45, 2.75) is 51.9 Å². The van der Waals surface area contributed by atoms with Crippen molar-refractivity contribution >= 4 is 23.4 Å². The molecule has 3 atom stereocenters. The summed E-state index contributed by atoms with van der Waals surface area (Å²) in [4.78, 5) is 27.1. The minimum Gasteiger partial charge on any atom is -0.391 e. The van der Waals surface area contributed by atoms with E-state index in [1.165, 1.54) is 22.8 Å². The first-order valence-electron chi connectivity index (χ1n) is 9.39. The van der Waals surface area contributed by atoms with Gasteiger partial charge in [-0.3, -0.25) is 14.3 Å². The van der Waals surface area contributed by atoms with Crippen LogP contribution in [0.3, 0.4) is 0 Å². The third-order valence-electron chi connectivity index (χ3n) is 4.91. The number of halogens is 1. The largest absolute Gasteiger partial charge is 0.391 e. The Morgan fingerprint density at radius 2 is 2.10 bits per heavy atom. The smallest absolute Gasteiger partial charge is 0.248 e. The first kappa shape index (κ1) is 21.3. The predicted molar refractivity (Wildman–Crippen MR) is 105 cm³/mol. The number of hydrogen-bond acceptors (Lipinski definition) is 6. The maximum Gasteiger partial charge on any atom is 0.248 e. The number of nitrogens with one attached hydrogen (secondary N) is 1. The first-order chi connectivity index (χ1) is 13.6. The Labute approximate surface area is 173 Å². The van der Waals surface area contributed by atoms with Crippen LogP contribution in [0.15, 0.2) is 18.6 Å². The number of aliphatic hydroxyl groups excluding tert-OH is 1. The Morgan fingerprint density at radius 1 is 1.38 bits per heavy atom. The normalized spacial score (nSPS) is 20.7. The maximum atomic E-state index is 13.5. The summed E-state index contributed by atoms with van der Waals surface area (Å²) in [5.41, 5.74) is 0.119. The predicted octanol–water partition coefficient (Wildman–Crippen LogP) is 0.471. The lowest BCUT2D eigenvalue weighted by Crippen LogP contribution is -2.49. The summed E-state index contributed by atoms with van der Waals surface area (Å²) in [5.74, 6) is -0.571. The number of carbonyl (C=O) groups excluding carboxylic acids is 2. The van der Waals surface area contributed by atoms with E-state index >= 15 is 0 Å². The van der Waals surface area contributed by atoms with E-state index in [2.05, 4.69) is 20.7 Å². The van der Waals surface area contributed by atoms with Crippen molar-refractivity contribution in [2.24, 2.45) is 5.41 Å². The van der Waals surface area contributed by atoms with Gasteiger partial charge in [-0.1, -0.05) is 37.6 Å². The number of β-amino-alcohol motifs (C(OH)–C–C–N with tert-alkyl or cyclic N) is 1. The summed E-state index contributed by atoms with van der Waals surface area (Å²) < 4.78 is 3.15. The summed E-state index contributed by atoms with van der Waals surface area (Å²) in [7, 11) is 1.52. The van der Waals surface area contributed by atoms with Gasteiger partial charge in [0.1, 0.15) is 17.8 Å². The van der Waals surface area contributed by atoms with Gasteiger partial charge >= 0.3 is 0 Å². The monoisotopic (exact) mass is 423 g/mol. The van der Waals surface area contributed by atoms with Gasteiger partial charge in [0.05, 0.1) is 30.1 Å². The van der Waals surface area contributed by atoms with Crippen molar-refractivity contribution in [2.75, 3.05) is 13.6 Å². The molecule has 1 aliphatic rings. The number of rotatable bonds is 5. The molecule has 0 saturated carbocycles. The molecule has 29 heavy (non-hydrogen) atoms. The van der Waals surface area contributed by atoms with Gasteiger partial charge in [-0.25, -0.2) is 4.68 Å². The molecule has 2 amide bonds. The Kier molecular flexibility index (Phi) is 5.95. The first-order valence-corrected chi connectivity index (χ1v) is 9.76. The van der Waals surface area contributed by atoms with Crippen LogP contribution in [-0.4, -0.2) is 72.3 Å². The van der Waals surface area contributed by atoms with Gasteiger partial charge in [-0.15, -0.1) is 5.10 Å². The molecule has 0 radical (unpaired) electrons. The molecule has 1 saturated heterocycles. The van der Waals surface area contributed by atoms with Gasteiger partial charge in [0, 0.05) is 26.2 Å². The van der Waals surface area contributed by atoms with Crippen molar-refractivity contribution in [3.05, 3.63) is 29.3 Å². The van der Waals surface area contributed by atoms with Crippen molar-refractivity contribution < 1.29 is 14.7 Å². The lowest BCUT2D eigenvalue weighted by Gasteiger charge is -2.34. The molecule has 3 heterocycles. The summed E-state index contributed by atoms with van der Waals surface area (Å²) >= 11 is 5.89. The quantitative estimate of drug-likeness (QED) is 0.721.